The Hall–Kier alpha value is -1.75. The number of rotatable bonds is 3. The topological polar surface area (TPSA) is 63.4 Å². The van der Waals surface area contributed by atoms with Crippen LogP contribution in [0.4, 0.5) is 4.39 Å². The summed E-state index contributed by atoms with van der Waals surface area (Å²) < 4.78 is 13.1. The third-order valence-electron chi connectivity index (χ3n) is 6.50. The van der Waals surface area contributed by atoms with Crippen molar-refractivity contribution in [2.45, 2.75) is 38.1 Å². The normalized spacial score (nSPS) is 34.3. The molecule has 1 heterocycles. The second kappa shape index (κ2) is 6.52. The predicted octanol–water partition coefficient (Wildman–Crippen LogP) is 2.62. The number of fused-ring (bicyclic) bond motifs is 2. The fourth-order valence-corrected chi connectivity index (χ4v) is 5.15. The molecule has 4 nitrogen and oxygen atoms in total. The van der Waals surface area contributed by atoms with Crippen LogP contribution in [0.3, 0.4) is 0 Å². The molecule has 3 fully saturated rings. The number of carbonyl (C=O) groups excluding carboxylic acids is 2. The highest BCUT2D eigenvalue weighted by atomic mass is 19.1. The molecule has 1 aromatic rings. The van der Waals surface area contributed by atoms with Crippen molar-refractivity contribution in [1.29, 1.82) is 0 Å². The summed E-state index contributed by atoms with van der Waals surface area (Å²) in [6.45, 7) is 1.18. The number of hydrogen-bond donors (Lipinski definition) is 1. The molecule has 1 aliphatic heterocycles. The van der Waals surface area contributed by atoms with Gasteiger partial charge in [-0.3, -0.25) is 9.59 Å². The van der Waals surface area contributed by atoms with Crippen LogP contribution < -0.4 is 5.73 Å². The van der Waals surface area contributed by atoms with Gasteiger partial charge in [-0.05, 0) is 68.2 Å². The highest BCUT2D eigenvalue weighted by Gasteiger charge is 2.50. The fourth-order valence-electron chi connectivity index (χ4n) is 5.15. The maximum atomic E-state index is 13.1. The molecule has 4 rings (SSSR count). The second-order valence-electron chi connectivity index (χ2n) is 7.93. The minimum Gasteiger partial charge on any atom is -0.342 e. The maximum absolute atomic E-state index is 13.1. The van der Waals surface area contributed by atoms with Crippen LogP contribution in [-0.4, -0.2) is 35.7 Å². The van der Waals surface area contributed by atoms with Crippen LogP contribution in [0.5, 0.6) is 0 Å². The highest BCUT2D eigenvalue weighted by Crippen LogP contribution is 2.48. The number of nitrogens with two attached hydrogens (primary N) is 1. The van der Waals surface area contributed by atoms with Gasteiger partial charge in [0.05, 0.1) is 5.92 Å². The predicted molar refractivity (Wildman–Crippen MR) is 92.3 cm³/mol. The Labute approximate surface area is 147 Å². The van der Waals surface area contributed by atoms with E-state index in [1.807, 2.05) is 4.90 Å². The number of halogens is 1. The van der Waals surface area contributed by atoms with E-state index in [0.29, 0.717) is 30.5 Å². The van der Waals surface area contributed by atoms with Crippen molar-refractivity contribution in [3.05, 3.63) is 35.6 Å². The minimum atomic E-state index is -0.345. The summed E-state index contributed by atoms with van der Waals surface area (Å²) in [5.41, 5.74) is 6.85. The van der Waals surface area contributed by atoms with Crippen LogP contribution in [0, 0.1) is 29.5 Å². The van der Waals surface area contributed by atoms with Gasteiger partial charge in [0.2, 0.25) is 5.91 Å². The number of ketones is 1. The third-order valence-corrected chi connectivity index (χ3v) is 6.50. The number of amides is 1. The first kappa shape index (κ1) is 16.7. The van der Waals surface area contributed by atoms with Gasteiger partial charge in [-0.2, -0.15) is 0 Å². The van der Waals surface area contributed by atoms with Gasteiger partial charge in [-0.15, -0.1) is 0 Å². The van der Waals surface area contributed by atoms with E-state index in [4.69, 9.17) is 5.73 Å². The van der Waals surface area contributed by atoms with Crippen molar-refractivity contribution < 1.29 is 14.0 Å². The standard InChI is InChI=1S/C20H25FN2O2/c21-16-7-5-12(6-8-16)19(24)15-2-1-9-23(11-15)20(25)17-13-3-4-14(10-13)18(17)22/h5-8,13-15,17-18H,1-4,9-11,22H2. The first-order valence-corrected chi connectivity index (χ1v) is 9.38. The summed E-state index contributed by atoms with van der Waals surface area (Å²) in [7, 11) is 0. The second-order valence-corrected chi connectivity index (χ2v) is 7.93. The number of Topliss-reactive ketones (excluding diaryl/α,β-unsaturated/α-hetero) is 1. The number of piperidine rings is 1. The average Bonchev–Trinajstić information content (AvgIpc) is 3.22. The minimum absolute atomic E-state index is 0.00902. The maximum Gasteiger partial charge on any atom is 0.227 e. The number of hydrogen-bond acceptors (Lipinski definition) is 3. The molecule has 0 aromatic heterocycles. The molecule has 5 atom stereocenters. The summed E-state index contributed by atoms with van der Waals surface area (Å²) in [5.74, 6) is 0.491. The van der Waals surface area contributed by atoms with Crippen LogP contribution in [0.15, 0.2) is 24.3 Å². The molecule has 5 heteroatoms. The lowest BCUT2D eigenvalue weighted by Crippen LogP contribution is -2.50. The van der Waals surface area contributed by atoms with Crippen LogP contribution in [0.25, 0.3) is 0 Å². The Balaban J connectivity index is 1.45. The van der Waals surface area contributed by atoms with E-state index in [0.717, 1.165) is 32.1 Å². The van der Waals surface area contributed by atoms with Gasteiger partial charge in [-0.1, -0.05) is 0 Å². The Morgan fingerprint density at radius 1 is 1.08 bits per heavy atom. The number of likely N-dealkylation sites (tertiary alicyclic amines) is 1. The van der Waals surface area contributed by atoms with Crippen molar-refractivity contribution in [2.24, 2.45) is 29.4 Å². The quantitative estimate of drug-likeness (QED) is 0.858. The van der Waals surface area contributed by atoms with Crippen molar-refractivity contribution in [1.82, 2.24) is 4.90 Å². The van der Waals surface area contributed by atoms with Crippen LogP contribution >= 0.6 is 0 Å². The third kappa shape index (κ3) is 2.99. The summed E-state index contributed by atoms with van der Waals surface area (Å²) in [5, 5.41) is 0. The molecular formula is C20H25FN2O2. The van der Waals surface area contributed by atoms with Crippen LogP contribution in [0.1, 0.15) is 42.5 Å². The molecule has 1 amide bonds. The van der Waals surface area contributed by atoms with Gasteiger partial charge in [0.25, 0.3) is 0 Å². The van der Waals surface area contributed by atoms with Crippen molar-refractivity contribution >= 4 is 11.7 Å². The average molecular weight is 344 g/mol. The molecule has 0 spiro atoms. The largest absolute Gasteiger partial charge is 0.342 e. The van der Waals surface area contributed by atoms with E-state index in [9.17, 15) is 14.0 Å². The van der Waals surface area contributed by atoms with E-state index in [1.165, 1.54) is 24.3 Å². The lowest BCUT2D eigenvalue weighted by atomic mass is 9.82. The first-order valence-electron chi connectivity index (χ1n) is 9.38. The van der Waals surface area contributed by atoms with Gasteiger partial charge in [0.1, 0.15) is 5.82 Å². The number of nitrogens with zero attached hydrogens (tertiary/aromatic N) is 1. The molecule has 3 aliphatic rings. The molecule has 2 aliphatic carbocycles. The van der Waals surface area contributed by atoms with E-state index >= 15 is 0 Å². The lowest BCUT2D eigenvalue weighted by Gasteiger charge is -2.37. The zero-order valence-electron chi connectivity index (χ0n) is 14.4. The molecule has 5 unspecified atom stereocenters. The van der Waals surface area contributed by atoms with Gasteiger partial charge in [-0.25, -0.2) is 4.39 Å². The Morgan fingerprint density at radius 3 is 2.48 bits per heavy atom. The zero-order valence-corrected chi connectivity index (χ0v) is 14.4. The Morgan fingerprint density at radius 2 is 1.80 bits per heavy atom. The fraction of sp³-hybridized carbons (Fsp3) is 0.600. The van der Waals surface area contributed by atoms with Gasteiger partial charge >= 0.3 is 0 Å². The summed E-state index contributed by atoms with van der Waals surface area (Å²) in [6.07, 6.45) is 4.97. The molecule has 2 bridgehead atoms. The molecule has 134 valence electrons. The molecular weight excluding hydrogens is 319 g/mol. The van der Waals surface area contributed by atoms with Gasteiger partial charge < -0.3 is 10.6 Å². The molecule has 2 N–H and O–H groups in total. The van der Waals surface area contributed by atoms with Crippen molar-refractivity contribution in [2.75, 3.05) is 13.1 Å². The van der Waals surface area contributed by atoms with Crippen molar-refractivity contribution in [3.63, 3.8) is 0 Å². The smallest absolute Gasteiger partial charge is 0.227 e. The summed E-state index contributed by atoms with van der Waals surface area (Å²) >= 11 is 0. The number of carbonyl (C=O) groups is 2. The Kier molecular flexibility index (Phi) is 4.36. The monoisotopic (exact) mass is 344 g/mol. The van der Waals surface area contributed by atoms with E-state index in [1.54, 1.807) is 0 Å². The van der Waals surface area contributed by atoms with Crippen LogP contribution in [0.2, 0.25) is 0 Å². The molecule has 25 heavy (non-hydrogen) atoms. The SMILES string of the molecule is NC1C2CCC(C2)C1C(=O)N1CCCC(C(=O)c2ccc(F)cc2)C1. The van der Waals surface area contributed by atoms with Gasteiger partial charge in [0, 0.05) is 30.6 Å². The Bertz CT molecular complexity index is 673. The van der Waals surface area contributed by atoms with Crippen molar-refractivity contribution in [3.8, 4) is 0 Å². The van der Waals surface area contributed by atoms with E-state index < -0.39 is 0 Å². The summed E-state index contributed by atoms with van der Waals surface area (Å²) in [6, 6.07) is 5.68. The van der Waals surface area contributed by atoms with Crippen LogP contribution in [-0.2, 0) is 4.79 Å². The first-order chi connectivity index (χ1) is 12.0. The lowest BCUT2D eigenvalue weighted by molar-refractivity contribution is -0.139. The molecule has 2 saturated carbocycles. The van der Waals surface area contributed by atoms with Gasteiger partial charge in [0.15, 0.2) is 5.78 Å². The molecule has 0 radical (unpaired) electrons. The number of benzene rings is 1. The van der Waals surface area contributed by atoms with E-state index in [-0.39, 0.29) is 35.4 Å². The zero-order chi connectivity index (χ0) is 17.6. The summed E-state index contributed by atoms with van der Waals surface area (Å²) in [4.78, 5) is 27.6. The highest BCUT2D eigenvalue weighted by molar-refractivity contribution is 5.98. The molecule has 1 aromatic carbocycles. The molecule has 1 saturated heterocycles. The van der Waals surface area contributed by atoms with E-state index in [2.05, 4.69) is 0 Å².